The first-order valence-corrected chi connectivity index (χ1v) is 10.9. The Morgan fingerprint density at radius 1 is 1.18 bits per heavy atom. The number of rotatable bonds is 5. The van der Waals surface area contributed by atoms with E-state index in [0.29, 0.717) is 16.5 Å². The smallest absolute Gasteiger partial charge is 0.267 e. The Bertz CT molecular complexity index is 1110. The van der Waals surface area contributed by atoms with Crippen LogP contribution in [0, 0.1) is 0 Å². The van der Waals surface area contributed by atoms with Crippen molar-refractivity contribution in [3.8, 4) is 10.6 Å². The first-order chi connectivity index (χ1) is 13.6. The van der Waals surface area contributed by atoms with Crippen LogP contribution in [0.3, 0.4) is 0 Å². The van der Waals surface area contributed by atoms with Gasteiger partial charge in [-0.05, 0) is 53.6 Å². The molecule has 0 radical (unpaired) electrons. The van der Waals surface area contributed by atoms with E-state index in [1.807, 2.05) is 41.8 Å². The number of hydrogen-bond donors (Lipinski definition) is 2. The molecule has 28 heavy (non-hydrogen) atoms. The number of carbonyl (C=O) groups excluding carboxylic acids is 1. The number of thiophene rings is 2. The summed E-state index contributed by atoms with van der Waals surface area (Å²) >= 11 is 2.97. The normalized spacial score (nSPS) is 12.2. The lowest BCUT2D eigenvalue weighted by Gasteiger charge is -2.10. The summed E-state index contributed by atoms with van der Waals surface area (Å²) < 4.78 is 0. The molecule has 1 atom stereocenters. The van der Waals surface area contributed by atoms with E-state index in [-0.39, 0.29) is 5.91 Å². The van der Waals surface area contributed by atoms with Gasteiger partial charge in [-0.15, -0.1) is 22.7 Å². The van der Waals surface area contributed by atoms with Gasteiger partial charge in [0, 0.05) is 11.1 Å². The minimum Gasteiger partial charge on any atom is -0.397 e. The van der Waals surface area contributed by atoms with Gasteiger partial charge >= 0.3 is 0 Å². The minimum absolute atomic E-state index is 0.200. The van der Waals surface area contributed by atoms with E-state index < -0.39 is 0 Å². The van der Waals surface area contributed by atoms with Gasteiger partial charge in [0.05, 0.1) is 16.3 Å². The number of anilines is 2. The van der Waals surface area contributed by atoms with Crippen LogP contribution in [-0.4, -0.2) is 10.9 Å². The molecular weight excluding hydrogens is 386 g/mol. The number of nitrogens with zero attached hydrogens (tertiary/aromatic N) is 1. The monoisotopic (exact) mass is 407 g/mol. The second-order valence-corrected chi connectivity index (χ2v) is 8.70. The average molecular weight is 408 g/mol. The SMILES string of the molecule is CC[C@H](C)c1ccc(NC(=O)c2sc3nc(-c4cccs4)ccc3c2N)cc1. The van der Waals surface area contributed by atoms with Crippen LogP contribution in [0.25, 0.3) is 20.8 Å². The second-order valence-electron chi connectivity index (χ2n) is 6.76. The molecule has 0 bridgehead atoms. The Kier molecular flexibility index (Phi) is 5.15. The van der Waals surface area contributed by atoms with Gasteiger partial charge in [0.1, 0.15) is 9.71 Å². The van der Waals surface area contributed by atoms with E-state index in [0.717, 1.165) is 32.9 Å². The minimum atomic E-state index is -0.200. The third-order valence-corrected chi connectivity index (χ3v) is 6.93. The van der Waals surface area contributed by atoms with Gasteiger partial charge in [-0.1, -0.05) is 32.0 Å². The summed E-state index contributed by atoms with van der Waals surface area (Å²) in [6.45, 7) is 4.37. The lowest BCUT2D eigenvalue weighted by molar-refractivity contribution is 0.103. The Hall–Kier alpha value is -2.70. The number of pyridine rings is 1. The molecular formula is C22H21N3OS2. The fraction of sp³-hybridized carbons (Fsp3) is 0.182. The van der Waals surface area contributed by atoms with Crippen molar-refractivity contribution < 1.29 is 4.79 Å². The summed E-state index contributed by atoms with van der Waals surface area (Å²) in [6, 6.07) is 15.9. The van der Waals surface area contributed by atoms with E-state index in [2.05, 4.69) is 31.3 Å². The Labute approximate surface area is 172 Å². The predicted octanol–water partition coefficient (Wildman–Crippen LogP) is 6.37. The zero-order valence-corrected chi connectivity index (χ0v) is 17.4. The second kappa shape index (κ2) is 7.73. The molecule has 0 aliphatic rings. The zero-order valence-electron chi connectivity index (χ0n) is 15.7. The number of amides is 1. The highest BCUT2D eigenvalue weighted by Gasteiger charge is 2.18. The third kappa shape index (κ3) is 3.53. The van der Waals surface area contributed by atoms with Crippen LogP contribution in [0.1, 0.15) is 41.4 Å². The summed E-state index contributed by atoms with van der Waals surface area (Å²) in [4.78, 5) is 19.9. The number of benzene rings is 1. The topological polar surface area (TPSA) is 68.0 Å². The van der Waals surface area contributed by atoms with Gasteiger partial charge in [-0.2, -0.15) is 0 Å². The van der Waals surface area contributed by atoms with E-state index in [1.54, 1.807) is 11.3 Å². The molecule has 4 aromatic rings. The Morgan fingerprint density at radius 2 is 1.96 bits per heavy atom. The number of carbonyl (C=O) groups is 1. The standard InChI is InChI=1S/C22H21N3OS2/c1-3-13(2)14-6-8-15(9-7-14)24-21(26)20-19(23)16-10-11-17(25-22(16)28-20)18-5-4-12-27-18/h4-13H,3,23H2,1-2H3,(H,24,26)/t13-/m0/s1. The lowest BCUT2D eigenvalue weighted by atomic mass is 9.99. The molecule has 1 aromatic carbocycles. The van der Waals surface area contributed by atoms with Crippen molar-refractivity contribution in [2.24, 2.45) is 0 Å². The van der Waals surface area contributed by atoms with Crippen molar-refractivity contribution in [2.75, 3.05) is 11.1 Å². The van der Waals surface area contributed by atoms with E-state index in [9.17, 15) is 4.79 Å². The first kappa shape index (κ1) is 18.7. The zero-order chi connectivity index (χ0) is 19.7. The van der Waals surface area contributed by atoms with Gasteiger partial charge < -0.3 is 11.1 Å². The van der Waals surface area contributed by atoms with Crippen molar-refractivity contribution in [3.63, 3.8) is 0 Å². The molecule has 3 N–H and O–H groups in total. The van der Waals surface area contributed by atoms with E-state index >= 15 is 0 Å². The first-order valence-electron chi connectivity index (χ1n) is 9.21. The molecule has 4 rings (SSSR count). The molecule has 4 nitrogen and oxygen atoms in total. The van der Waals surface area contributed by atoms with E-state index in [1.165, 1.54) is 16.9 Å². The van der Waals surface area contributed by atoms with Crippen LogP contribution in [0.2, 0.25) is 0 Å². The highest BCUT2D eigenvalue weighted by Crippen LogP contribution is 2.35. The molecule has 1 amide bonds. The summed E-state index contributed by atoms with van der Waals surface area (Å²) in [5.74, 6) is 0.307. The van der Waals surface area contributed by atoms with Crippen molar-refractivity contribution in [2.45, 2.75) is 26.2 Å². The van der Waals surface area contributed by atoms with Crippen molar-refractivity contribution in [1.82, 2.24) is 4.98 Å². The van der Waals surface area contributed by atoms with Crippen LogP contribution in [0.5, 0.6) is 0 Å². The molecule has 0 saturated carbocycles. The summed E-state index contributed by atoms with van der Waals surface area (Å²) in [5.41, 5.74) is 9.68. The number of nitrogens with one attached hydrogen (secondary N) is 1. The molecule has 0 unspecified atom stereocenters. The van der Waals surface area contributed by atoms with Crippen LogP contribution in [0.4, 0.5) is 11.4 Å². The molecule has 0 aliphatic heterocycles. The maximum atomic E-state index is 12.8. The highest BCUT2D eigenvalue weighted by molar-refractivity contribution is 7.21. The summed E-state index contributed by atoms with van der Waals surface area (Å²) in [7, 11) is 0. The van der Waals surface area contributed by atoms with Crippen molar-refractivity contribution in [1.29, 1.82) is 0 Å². The maximum Gasteiger partial charge on any atom is 0.267 e. The van der Waals surface area contributed by atoms with Crippen LogP contribution >= 0.6 is 22.7 Å². The largest absolute Gasteiger partial charge is 0.397 e. The third-order valence-electron chi connectivity index (χ3n) is 4.92. The number of nitrogen functional groups attached to an aromatic ring is 1. The van der Waals surface area contributed by atoms with E-state index in [4.69, 9.17) is 10.7 Å². The highest BCUT2D eigenvalue weighted by atomic mass is 32.1. The summed E-state index contributed by atoms with van der Waals surface area (Å²) in [6.07, 6.45) is 1.09. The van der Waals surface area contributed by atoms with Crippen molar-refractivity contribution in [3.05, 3.63) is 64.4 Å². The maximum absolute atomic E-state index is 12.8. The number of fused-ring (bicyclic) bond motifs is 1. The molecule has 3 heterocycles. The average Bonchev–Trinajstić information content (AvgIpc) is 3.36. The van der Waals surface area contributed by atoms with Crippen LogP contribution in [0.15, 0.2) is 53.9 Å². The van der Waals surface area contributed by atoms with Gasteiger partial charge in [0.2, 0.25) is 0 Å². The fourth-order valence-corrected chi connectivity index (χ4v) is 4.73. The Balaban J connectivity index is 1.59. The predicted molar refractivity (Wildman–Crippen MR) is 120 cm³/mol. The quantitative estimate of drug-likeness (QED) is 0.404. The molecule has 0 saturated heterocycles. The molecule has 3 aromatic heterocycles. The molecule has 0 fully saturated rings. The number of nitrogens with two attached hydrogens (primary N) is 1. The lowest BCUT2D eigenvalue weighted by Crippen LogP contribution is -2.12. The van der Waals surface area contributed by atoms with Gasteiger partial charge in [-0.3, -0.25) is 4.79 Å². The number of aromatic nitrogens is 1. The fourth-order valence-electron chi connectivity index (χ4n) is 3.05. The van der Waals surface area contributed by atoms with Crippen molar-refractivity contribution >= 4 is 50.2 Å². The van der Waals surface area contributed by atoms with Gasteiger partial charge in [-0.25, -0.2) is 4.98 Å². The molecule has 142 valence electrons. The number of hydrogen-bond acceptors (Lipinski definition) is 5. The summed E-state index contributed by atoms with van der Waals surface area (Å²) in [5, 5.41) is 5.80. The Morgan fingerprint density at radius 3 is 2.64 bits per heavy atom. The molecule has 0 spiro atoms. The molecule has 0 aliphatic carbocycles. The molecule has 6 heteroatoms. The van der Waals surface area contributed by atoms with Gasteiger partial charge in [0.25, 0.3) is 5.91 Å². The van der Waals surface area contributed by atoms with Crippen LogP contribution < -0.4 is 11.1 Å². The van der Waals surface area contributed by atoms with Crippen LogP contribution in [-0.2, 0) is 0 Å². The van der Waals surface area contributed by atoms with Gasteiger partial charge in [0.15, 0.2) is 0 Å².